The zero-order chi connectivity index (χ0) is 17.0. The summed E-state index contributed by atoms with van der Waals surface area (Å²) in [6.07, 6.45) is 2.01. The fourth-order valence-corrected chi connectivity index (χ4v) is 3.75. The molecule has 0 radical (unpaired) electrons. The van der Waals surface area contributed by atoms with Gasteiger partial charge >= 0.3 is 0 Å². The van der Waals surface area contributed by atoms with Crippen molar-refractivity contribution in [2.24, 2.45) is 5.92 Å². The molecular weight excluding hydrogens is 326 g/mol. The average Bonchev–Trinajstić information content (AvgIpc) is 2.49. The van der Waals surface area contributed by atoms with Crippen LogP contribution < -0.4 is 4.72 Å². The Labute approximate surface area is 134 Å². The van der Waals surface area contributed by atoms with E-state index in [4.69, 9.17) is 0 Å². The first-order valence-electron chi connectivity index (χ1n) is 7.52. The van der Waals surface area contributed by atoms with Gasteiger partial charge in [-0.15, -0.1) is 0 Å². The maximum absolute atomic E-state index is 13.5. The summed E-state index contributed by atoms with van der Waals surface area (Å²) in [6, 6.07) is 2.94. The molecule has 5 nitrogen and oxygen atoms in total. The Kier molecular flexibility index (Phi) is 5.69. The number of nitrogens with zero attached hydrogens (tertiary/aromatic N) is 1. The lowest BCUT2D eigenvalue weighted by Crippen LogP contribution is -2.40. The minimum atomic E-state index is -4.19. The molecule has 0 aliphatic carbocycles. The van der Waals surface area contributed by atoms with Crippen LogP contribution in [0, 0.1) is 17.6 Å². The molecule has 1 aromatic carbocycles. The van der Waals surface area contributed by atoms with Crippen molar-refractivity contribution < 1.29 is 22.0 Å². The Hall–Kier alpha value is -1.54. The molecule has 1 saturated heterocycles. The number of carbonyl (C=O) groups is 1. The molecule has 0 unspecified atom stereocenters. The van der Waals surface area contributed by atoms with E-state index in [0.29, 0.717) is 19.0 Å². The van der Waals surface area contributed by atoms with Gasteiger partial charge in [0.25, 0.3) is 0 Å². The number of rotatable bonds is 5. The van der Waals surface area contributed by atoms with Crippen LogP contribution in [0.4, 0.5) is 8.78 Å². The van der Waals surface area contributed by atoms with Gasteiger partial charge in [-0.25, -0.2) is 21.9 Å². The van der Waals surface area contributed by atoms with E-state index in [1.807, 2.05) is 0 Å². The van der Waals surface area contributed by atoms with Gasteiger partial charge in [-0.3, -0.25) is 4.79 Å². The number of halogens is 2. The lowest BCUT2D eigenvalue weighted by molar-refractivity contribution is -0.132. The number of nitrogens with one attached hydrogen (secondary N) is 1. The molecule has 2 rings (SSSR count). The average molecular weight is 346 g/mol. The maximum Gasteiger partial charge on any atom is 0.243 e. The van der Waals surface area contributed by atoms with Crippen molar-refractivity contribution in [1.29, 1.82) is 0 Å². The molecule has 1 N–H and O–H groups in total. The fourth-order valence-electron chi connectivity index (χ4n) is 2.64. The summed E-state index contributed by atoms with van der Waals surface area (Å²) >= 11 is 0. The first-order valence-corrected chi connectivity index (χ1v) is 9.01. The second-order valence-electron chi connectivity index (χ2n) is 5.79. The summed E-state index contributed by atoms with van der Waals surface area (Å²) in [4.78, 5) is 13.0. The minimum Gasteiger partial charge on any atom is -0.342 e. The normalized spacial score (nSPS) is 18.9. The van der Waals surface area contributed by atoms with Crippen molar-refractivity contribution in [3.8, 4) is 0 Å². The van der Waals surface area contributed by atoms with E-state index in [1.54, 1.807) is 4.90 Å². The highest BCUT2D eigenvalue weighted by atomic mass is 32.2. The van der Waals surface area contributed by atoms with E-state index in [1.165, 1.54) is 0 Å². The van der Waals surface area contributed by atoms with Crippen LogP contribution in [0.25, 0.3) is 0 Å². The topological polar surface area (TPSA) is 66.5 Å². The lowest BCUT2D eigenvalue weighted by atomic mass is 10.0. The molecule has 23 heavy (non-hydrogen) atoms. The molecule has 1 amide bonds. The van der Waals surface area contributed by atoms with Crippen LogP contribution in [0.5, 0.6) is 0 Å². The summed E-state index contributed by atoms with van der Waals surface area (Å²) in [5.41, 5.74) is 0. The summed E-state index contributed by atoms with van der Waals surface area (Å²) in [6.45, 7) is 3.26. The zero-order valence-corrected chi connectivity index (χ0v) is 13.7. The molecule has 128 valence electrons. The van der Waals surface area contributed by atoms with E-state index in [0.717, 1.165) is 31.0 Å². The van der Waals surface area contributed by atoms with Gasteiger partial charge in [-0.1, -0.05) is 13.0 Å². The van der Waals surface area contributed by atoms with Crippen molar-refractivity contribution in [3.63, 3.8) is 0 Å². The van der Waals surface area contributed by atoms with Crippen molar-refractivity contribution in [2.45, 2.75) is 31.1 Å². The third kappa shape index (κ3) is 4.48. The summed E-state index contributed by atoms with van der Waals surface area (Å²) in [5, 5.41) is 0. The molecule has 0 bridgehead atoms. The summed E-state index contributed by atoms with van der Waals surface area (Å²) in [5.74, 6) is -2.35. The molecule has 0 aromatic heterocycles. The lowest BCUT2D eigenvalue weighted by Gasteiger charge is -2.31. The van der Waals surface area contributed by atoms with Crippen LogP contribution >= 0.6 is 0 Å². The van der Waals surface area contributed by atoms with Gasteiger partial charge in [0.1, 0.15) is 4.90 Å². The third-order valence-electron chi connectivity index (χ3n) is 3.85. The largest absolute Gasteiger partial charge is 0.342 e. The van der Waals surface area contributed by atoms with Gasteiger partial charge in [-0.2, -0.15) is 0 Å². The molecule has 1 aromatic rings. The third-order valence-corrected chi connectivity index (χ3v) is 5.32. The minimum absolute atomic E-state index is 0.0110. The Morgan fingerprint density at radius 1 is 1.39 bits per heavy atom. The SMILES string of the molecule is C[C@@H]1CCCN(C(=O)CCNS(=O)(=O)c2cccc(F)c2F)C1. The number of amides is 1. The smallest absolute Gasteiger partial charge is 0.243 e. The number of likely N-dealkylation sites (tertiary alicyclic amines) is 1. The first kappa shape index (κ1) is 17.8. The van der Waals surface area contributed by atoms with Gasteiger partial charge in [0, 0.05) is 26.1 Å². The molecule has 8 heteroatoms. The summed E-state index contributed by atoms with van der Waals surface area (Å²) < 4.78 is 52.7. The highest BCUT2D eigenvalue weighted by molar-refractivity contribution is 7.89. The molecule has 0 spiro atoms. The van der Waals surface area contributed by atoms with E-state index in [9.17, 15) is 22.0 Å². The standard InChI is InChI=1S/C15H20F2N2O3S/c1-11-4-3-9-19(10-11)14(20)7-8-18-23(21,22)13-6-2-5-12(16)15(13)17/h2,5-6,11,18H,3-4,7-10H2,1H3/t11-/m1/s1. The van der Waals surface area contributed by atoms with E-state index >= 15 is 0 Å². The molecule has 1 aliphatic rings. The number of benzene rings is 1. The van der Waals surface area contributed by atoms with E-state index in [-0.39, 0.29) is 18.9 Å². The second kappa shape index (κ2) is 7.35. The number of hydrogen-bond acceptors (Lipinski definition) is 3. The monoisotopic (exact) mass is 346 g/mol. The van der Waals surface area contributed by atoms with Gasteiger partial charge in [-0.05, 0) is 30.9 Å². The van der Waals surface area contributed by atoms with E-state index in [2.05, 4.69) is 11.6 Å². The number of piperidine rings is 1. The Morgan fingerprint density at radius 2 is 2.13 bits per heavy atom. The summed E-state index contributed by atoms with van der Waals surface area (Å²) in [7, 11) is -4.19. The highest BCUT2D eigenvalue weighted by Gasteiger charge is 2.23. The molecule has 0 saturated carbocycles. The first-order chi connectivity index (χ1) is 10.8. The maximum atomic E-state index is 13.5. The molecule has 1 fully saturated rings. The van der Waals surface area contributed by atoms with Gasteiger partial charge in [0.2, 0.25) is 15.9 Å². The van der Waals surface area contributed by atoms with E-state index < -0.39 is 26.6 Å². The number of carbonyl (C=O) groups excluding carboxylic acids is 1. The van der Waals surface area contributed by atoms with Crippen molar-refractivity contribution in [1.82, 2.24) is 9.62 Å². The molecule has 1 atom stereocenters. The Morgan fingerprint density at radius 3 is 2.83 bits per heavy atom. The van der Waals surface area contributed by atoms with Crippen molar-refractivity contribution in [3.05, 3.63) is 29.8 Å². The van der Waals surface area contributed by atoms with Gasteiger partial charge in [0.15, 0.2) is 11.6 Å². The fraction of sp³-hybridized carbons (Fsp3) is 0.533. The Bertz CT molecular complexity index is 679. The quantitative estimate of drug-likeness (QED) is 0.885. The predicted molar refractivity (Wildman–Crippen MR) is 81.1 cm³/mol. The molecular formula is C15H20F2N2O3S. The Balaban J connectivity index is 1.92. The zero-order valence-electron chi connectivity index (χ0n) is 12.9. The van der Waals surface area contributed by atoms with Crippen LogP contribution in [0.1, 0.15) is 26.2 Å². The van der Waals surface area contributed by atoms with Gasteiger partial charge in [0.05, 0.1) is 0 Å². The van der Waals surface area contributed by atoms with Crippen molar-refractivity contribution >= 4 is 15.9 Å². The second-order valence-corrected chi connectivity index (χ2v) is 7.52. The van der Waals surface area contributed by atoms with Crippen LogP contribution in [0.2, 0.25) is 0 Å². The van der Waals surface area contributed by atoms with Gasteiger partial charge < -0.3 is 4.90 Å². The number of sulfonamides is 1. The van der Waals surface area contributed by atoms with Crippen LogP contribution in [0.15, 0.2) is 23.1 Å². The van der Waals surface area contributed by atoms with Crippen LogP contribution in [-0.4, -0.2) is 38.9 Å². The molecule has 1 heterocycles. The van der Waals surface area contributed by atoms with Crippen molar-refractivity contribution in [2.75, 3.05) is 19.6 Å². The number of hydrogen-bond donors (Lipinski definition) is 1. The predicted octanol–water partition coefficient (Wildman–Crippen LogP) is 1.89. The van der Waals surface area contributed by atoms with Crippen LogP contribution in [0.3, 0.4) is 0 Å². The highest BCUT2D eigenvalue weighted by Crippen LogP contribution is 2.18. The molecule has 1 aliphatic heterocycles. The van der Waals surface area contributed by atoms with Crippen LogP contribution in [-0.2, 0) is 14.8 Å².